The van der Waals surface area contributed by atoms with E-state index in [1.807, 2.05) is 0 Å². The Morgan fingerprint density at radius 1 is 1.38 bits per heavy atom. The molecule has 0 aromatic heterocycles. The summed E-state index contributed by atoms with van der Waals surface area (Å²) in [4.78, 5) is 0.332. The van der Waals surface area contributed by atoms with E-state index < -0.39 is 10.0 Å². The molecule has 0 saturated carbocycles. The highest BCUT2D eigenvalue weighted by atomic mass is 79.9. The number of benzene rings is 1. The van der Waals surface area contributed by atoms with Crippen LogP contribution in [0, 0.1) is 0 Å². The molecule has 1 aromatic rings. The summed E-state index contributed by atoms with van der Waals surface area (Å²) in [6.45, 7) is 2.72. The van der Waals surface area contributed by atoms with E-state index in [0.717, 1.165) is 32.1 Å². The molecule has 21 heavy (non-hydrogen) atoms. The van der Waals surface area contributed by atoms with Gasteiger partial charge in [-0.15, -0.1) is 0 Å². The average molecular weight is 376 g/mol. The molecule has 4 nitrogen and oxygen atoms in total. The summed E-state index contributed by atoms with van der Waals surface area (Å²) in [5, 5.41) is 0. The first-order valence-electron chi connectivity index (χ1n) is 7.36. The van der Waals surface area contributed by atoms with Crippen LogP contribution in [0.1, 0.15) is 39.0 Å². The van der Waals surface area contributed by atoms with Gasteiger partial charge in [-0.2, -0.15) is 4.31 Å². The fourth-order valence-corrected chi connectivity index (χ4v) is 5.30. The number of sulfonamides is 1. The van der Waals surface area contributed by atoms with Gasteiger partial charge in [0.15, 0.2) is 0 Å². The first kappa shape index (κ1) is 16.8. The van der Waals surface area contributed by atoms with Crippen molar-refractivity contribution in [3.63, 3.8) is 0 Å². The van der Waals surface area contributed by atoms with Crippen LogP contribution >= 0.6 is 15.9 Å². The van der Waals surface area contributed by atoms with Gasteiger partial charge < -0.3 is 4.74 Å². The van der Waals surface area contributed by atoms with E-state index in [1.54, 1.807) is 29.6 Å². The first-order valence-corrected chi connectivity index (χ1v) is 9.59. The lowest BCUT2D eigenvalue weighted by atomic mass is 10.0. The van der Waals surface area contributed by atoms with E-state index in [2.05, 4.69) is 22.9 Å². The summed E-state index contributed by atoms with van der Waals surface area (Å²) in [6, 6.07) is 5.08. The minimum atomic E-state index is -3.43. The Balaban J connectivity index is 2.33. The van der Waals surface area contributed by atoms with E-state index in [0.29, 0.717) is 21.7 Å². The Hall–Kier alpha value is -0.590. The molecule has 118 valence electrons. The van der Waals surface area contributed by atoms with Gasteiger partial charge in [0.25, 0.3) is 0 Å². The topological polar surface area (TPSA) is 46.6 Å². The molecule has 6 heteroatoms. The maximum absolute atomic E-state index is 12.9. The van der Waals surface area contributed by atoms with Crippen molar-refractivity contribution in [1.29, 1.82) is 0 Å². The van der Waals surface area contributed by atoms with E-state index >= 15 is 0 Å². The average Bonchev–Trinajstić information content (AvgIpc) is 2.48. The second kappa shape index (κ2) is 7.11. The van der Waals surface area contributed by atoms with E-state index in [1.165, 1.54) is 0 Å². The Bertz CT molecular complexity index is 587. The van der Waals surface area contributed by atoms with Crippen LogP contribution in [0.25, 0.3) is 0 Å². The van der Waals surface area contributed by atoms with E-state index in [9.17, 15) is 8.42 Å². The quantitative estimate of drug-likeness (QED) is 0.785. The van der Waals surface area contributed by atoms with Crippen molar-refractivity contribution >= 4 is 26.0 Å². The molecule has 1 aromatic carbocycles. The van der Waals surface area contributed by atoms with Gasteiger partial charge in [-0.3, -0.25) is 0 Å². The van der Waals surface area contributed by atoms with Gasteiger partial charge in [0.1, 0.15) is 5.75 Å². The van der Waals surface area contributed by atoms with Gasteiger partial charge in [0, 0.05) is 12.6 Å². The number of rotatable bonds is 5. The number of hydrogen-bond acceptors (Lipinski definition) is 3. The number of halogens is 1. The minimum Gasteiger partial charge on any atom is -0.496 e. The SMILES string of the molecule is CCCC1CCCCN1S(=O)(=O)c1ccc(OC)c(Br)c1. The molecule has 0 bridgehead atoms. The molecule has 0 aliphatic carbocycles. The van der Waals surface area contributed by atoms with Crippen LogP contribution in [0.15, 0.2) is 27.6 Å². The molecule has 0 amide bonds. The Morgan fingerprint density at radius 3 is 2.76 bits per heavy atom. The van der Waals surface area contributed by atoms with Crippen molar-refractivity contribution in [3.8, 4) is 5.75 Å². The van der Waals surface area contributed by atoms with Crippen LogP contribution in [0.5, 0.6) is 5.75 Å². The number of piperidine rings is 1. The normalized spacial score (nSPS) is 20.4. The number of nitrogens with zero attached hydrogens (tertiary/aromatic N) is 1. The van der Waals surface area contributed by atoms with Crippen LogP contribution in [-0.4, -0.2) is 32.4 Å². The van der Waals surface area contributed by atoms with Gasteiger partial charge in [0.05, 0.1) is 16.5 Å². The molecule has 1 aliphatic heterocycles. The zero-order valence-corrected chi connectivity index (χ0v) is 14.9. The molecule has 1 saturated heterocycles. The maximum Gasteiger partial charge on any atom is 0.243 e. The van der Waals surface area contributed by atoms with E-state index in [-0.39, 0.29) is 6.04 Å². The Labute approximate surface area is 135 Å². The summed E-state index contributed by atoms with van der Waals surface area (Å²) in [5.41, 5.74) is 0. The van der Waals surface area contributed by atoms with Gasteiger partial charge in [0.2, 0.25) is 10.0 Å². The standard InChI is InChI=1S/C15H22BrNO3S/c1-3-6-12-7-4-5-10-17(12)21(18,19)13-8-9-15(20-2)14(16)11-13/h8-9,11-12H,3-7,10H2,1-2H3. The molecule has 2 rings (SSSR count). The number of methoxy groups -OCH3 is 1. The number of hydrogen-bond donors (Lipinski definition) is 0. The lowest BCUT2D eigenvalue weighted by Crippen LogP contribution is -2.43. The molecule has 1 unspecified atom stereocenters. The Morgan fingerprint density at radius 2 is 2.14 bits per heavy atom. The predicted molar refractivity (Wildman–Crippen MR) is 87.1 cm³/mol. The van der Waals surface area contributed by atoms with Crippen molar-refractivity contribution in [1.82, 2.24) is 4.31 Å². The highest BCUT2D eigenvalue weighted by Crippen LogP contribution is 2.32. The summed E-state index contributed by atoms with van der Waals surface area (Å²) in [7, 11) is -1.87. The summed E-state index contributed by atoms with van der Waals surface area (Å²) in [6.07, 6.45) is 4.95. The molecule has 0 radical (unpaired) electrons. The maximum atomic E-state index is 12.9. The molecule has 1 heterocycles. The van der Waals surface area contributed by atoms with Gasteiger partial charge in [-0.1, -0.05) is 19.8 Å². The molecule has 0 spiro atoms. The van der Waals surface area contributed by atoms with Gasteiger partial charge >= 0.3 is 0 Å². The zero-order chi connectivity index (χ0) is 15.5. The van der Waals surface area contributed by atoms with Crippen LogP contribution in [-0.2, 0) is 10.0 Å². The number of ether oxygens (including phenoxy) is 1. The largest absolute Gasteiger partial charge is 0.496 e. The lowest BCUT2D eigenvalue weighted by molar-refractivity contribution is 0.239. The molecule has 1 fully saturated rings. The monoisotopic (exact) mass is 375 g/mol. The lowest BCUT2D eigenvalue weighted by Gasteiger charge is -2.34. The van der Waals surface area contributed by atoms with Gasteiger partial charge in [-0.05, 0) is 53.4 Å². The van der Waals surface area contributed by atoms with Crippen LogP contribution < -0.4 is 4.74 Å². The first-order chi connectivity index (χ1) is 10.0. The van der Waals surface area contributed by atoms with Gasteiger partial charge in [-0.25, -0.2) is 8.42 Å². The summed E-state index contributed by atoms with van der Waals surface area (Å²) in [5.74, 6) is 0.637. The fourth-order valence-electron chi connectivity index (χ4n) is 2.86. The van der Waals surface area contributed by atoms with Crippen molar-refractivity contribution < 1.29 is 13.2 Å². The van der Waals surface area contributed by atoms with Crippen molar-refractivity contribution in [2.75, 3.05) is 13.7 Å². The molecular formula is C15H22BrNO3S. The third-order valence-electron chi connectivity index (χ3n) is 3.92. The second-order valence-corrected chi connectivity index (χ2v) is 8.10. The molecule has 1 aliphatic rings. The predicted octanol–water partition coefficient (Wildman–Crippen LogP) is 3.80. The summed E-state index contributed by atoms with van der Waals surface area (Å²) >= 11 is 3.36. The zero-order valence-electron chi connectivity index (χ0n) is 12.5. The van der Waals surface area contributed by atoms with Crippen molar-refractivity contribution in [2.24, 2.45) is 0 Å². The van der Waals surface area contributed by atoms with Crippen LogP contribution in [0.4, 0.5) is 0 Å². The minimum absolute atomic E-state index is 0.134. The van der Waals surface area contributed by atoms with Crippen LogP contribution in [0.3, 0.4) is 0 Å². The molecule has 1 atom stereocenters. The highest BCUT2D eigenvalue weighted by molar-refractivity contribution is 9.10. The summed E-state index contributed by atoms with van der Waals surface area (Å²) < 4.78 is 33.3. The third-order valence-corrected chi connectivity index (χ3v) is 6.49. The third kappa shape index (κ3) is 3.60. The highest BCUT2D eigenvalue weighted by Gasteiger charge is 2.33. The van der Waals surface area contributed by atoms with Crippen molar-refractivity contribution in [3.05, 3.63) is 22.7 Å². The molecular weight excluding hydrogens is 354 g/mol. The van der Waals surface area contributed by atoms with Crippen molar-refractivity contribution in [2.45, 2.75) is 50.0 Å². The fraction of sp³-hybridized carbons (Fsp3) is 0.600. The molecule has 0 N–H and O–H groups in total. The Kier molecular flexibility index (Phi) is 5.68. The van der Waals surface area contributed by atoms with E-state index in [4.69, 9.17) is 4.74 Å². The second-order valence-electron chi connectivity index (χ2n) is 5.35. The van der Waals surface area contributed by atoms with Crippen LogP contribution in [0.2, 0.25) is 0 Å². The smallest absolute Gasteiger partial charge is 0.243 e.